The van der Waals surface area contributed by atoms with E-state index < -0.39 is 17.1 Å². The maximum absolute atomic E-state index is 13.6. The molecule has 0 saturated carbocycles. The Bertz CT molecular complexity index is 551. The standard InChI is InChI=1S/C19H33FN2O2/c1-3-5-7-9-11-13-16(14-12-10-8-6-4-2)22-15-17(20)18(23)21-19(22)24/h15-16H,3-14H2,1-2H3,(H,21,23,24). The van der Waals surface area contributed by atoms with Crippen LogP contribution < -0.4 is 11.2 Å². The van der Waals surface area contributed by atoms with E-state index in [-0.39, 0.29) is 6.04 Å². The summed E-state index contributed by atoms with van der Waals surface area (Å²) < 4.78 is 15.0. The van der Waals surface area contributed by atoms with Crippen LogP contribution in [0.25, 0.3) is 0 Å². The number of hydrogen-bond donors (Lipinski definition) is 1. The highest BCUT2D eigenvalue weighted by Gasteiger charge is 2.14. The molecule has 0 aliphatic carbocycles. The fourth-order valence-corrected chi connectivity index (χ4v) is 3.12. The molecule has 1 heterocycles. The largest absolute Gasteiger partial charge is 0.328 e. The zero-order chi connectivity index (χ0) is 17.8. The normalized spacial score (nSPS) is 11.3. The van der Waals surface area contributed by atoms with Gasteiger partial charge in [-0.25, -0.2) is 4.79 Å². The molecule has 0 aromatic carbocycles. The van der Waals surface area contributed by atoms with E-state index in [1.165, 1.54) is 43.1 Å². The van der Waals surface area contributed by atoms with Crippen molar-refractivity contribution in [2.24, 2.45) is 0 Å². The molecule has 0 radical (unpaired) electrons. The van der Waals surface area contributed by atoms with Gasteiger partial charge in [0.15, 0.2) is 0 Å². The first-order chi connectivity index (χ1) is 11.6. The number of hydrogen-bond acceptors (Lipinski definition) is 2. The lowest BCUT2D eigenvalue weighted by Crippen LogP contribution is -2.33. The monoisotopic (exact) mass is 340 g/mol. The zero-order valence-corrected chi connectivity index (χ0v) is 15.3. The van der Waals surface area contributed by atoms with Crippen LogP contribution in [0.3, 0.4) is 0 Å². The van der Waals surface area contributed by atoms with Gasteiger partial charge < -0.3 is 0 Å². The summed E-state index contributed by atoms with van der Waals surface area (Å²) in [6.07, 6.45) is 14.4. The van der Waals surface area contributed by atoms with Crippen molar-refractivity contribution in [2.45, 2.75) is 96.9 Å². The molecular formula is C19H33FN2O2. The summed E-state index contributed by atoms with van der Waals surface area (Å²) in [6.45, 7) is 4.36. The van der Waals surface area contributed by atoms with E-state index >= 15 is 0 Å². The molecule has 1 aromatic heterocycles. The lowest BCUT2D eigenvalue weighted by molar-refractivity contribution is 0.373. The number of unbranched alkanes of at least 4 members (excludes halogenated alkanes) is 8. The Hall–Kier alpha value is -1.39. The van der Waals surface area contributed by atoms with Crippen molar-refractivity contribution in [1.82, 2.24) is 9.55 Å². The summed E-state index contributed by atoms with van der Waals surface area (Å²) in [6, 6.07) is -0.0212. The first-order valence-electron chi connectivity index (χ1n) is 9.61. The van der Waals surface area contributed by atoms with E-state index in [4.69, 9.17) is 0 Å². The summed E-state index contributed by atoms with van der Waals surface area (Å²) in [5, 5.41) is 0. The molecule has 24 heavy (non-hydrogen) atoms. The molecule has 0 spiro atoms. The van der Waals surface area contributed by atoms with Crippen LogP contribution in [-0.4, -0.2) is 9.55 Å². The average Bonchev–Trinajstić information content (AvgIpc) is 2.56. The number of aromatic amines is 1. The average molecular weight is 340 g/mol. The molecule has 5 heteroatoms. The van der Waals surface area contributed by atoms with Gasteiger partial charge in [-0.2, -0.15) is 4.39 Å². The summed E-state index contributed by atoms with van der Waals surface area (Å²) in [7, 11) is 0. The minimum Gasteiger partial charge on any atom is -0.295 e. The van der Waals surface area contributed by atoms with E-state index in [1.807, 2.05) is 0 Å². The van der Waals surface area contributed by atoms with Crippen LogP contribution in [0.1, 0.15) is 96.9 Å². The zero-order valence-electron chi connectivity index (χ0n) is 15.3. The third-order valence-electron chi connectivity index (χ3n) is 4.60. The third-order valence-corrected chi connectivity index (χ3v) is 4.60. The fourth-order valence-electron chi connectivity index (χ4n) is 3.12. The molecular weight excluding hydrogens is 307 g/mol. The minimum absolute atomic E-state index is 0.0212. The Balaban J connectivity index is 2.67. The Kier molecular flexibility index (Phi) is 10.4. The predicted octanol–water partition coefficient (Wildman–Crippen LogP) is 4.94. The maximum atomic E-state index is 13.6. The van der Waals surface area contributed by atoms with Crippen molar-refractivity contribution in [3.05, 3.63) is 32.9 Å². The highest BCUT2D eigenvalue weighted by atomic mass is 19.1. The van der Waals surface area contributed by atoms with Gasteiger partial charge in [0.25, 0.3) is 5.56 Å². The van der Waals surface area contributed by atoms with Crippen molar-refractivity contribution < 1.29 is 4.39 Å². The smallest absolute Gasteiger partial charge is 0.295 e. The Morgan fingerprint density at radius 1 is 0.917 bits per heavy atom. The molecule has 0 aliphatic rings. The van der Waals surface area contributed by atoms with E-state index in [2.05, 4.69) is 18.8 Å². The summed E-state index contributed by atoms with van der Waals surface area (Å²) in [5.41, 5.74) is -1.42. The first-order valence-corrected chi connectivity index (χ1v) is 9.61. The van der Waals surface area contributed by atoms with E-state index in [1.54, 1.807) is 0 Å². The Morgan fingerprint density at radius 2 is 1.42 bits per heavy atom. The van der Waals surface area contributed by atoms with Gasteiger partial charge in [-0.05, 0) is 12.8 Å². The van der Waals surface area contributed by atoms with Gasteiger partial charge in [-0.15, -0.1) is 0 Å². The van der Waals surface area contributed by atoms with Gasteiger partial charge in [0.1, 0.15) is 0 Å². The van der Waals surface area contributed by atoms with Gasteiger partial charge in [0, 0.05) is 6.04 Å². The summed E-state index contributed by atoms with van der Waals surface area (Å²) >= 11 is 0. The predicted molar refractivity (Wildman–Crippen MR) is 97.1 cm³/mol. The van der Waals surface area contributed by atoms with Gasteiger partial charge in [0.2, 0.25) is 5.82 Å². The summed E-state index contributed by atoms with van der Waals surface area (Å²) in [4.78, 5) is 25.4. The first kappa shape index (κ1) is 20.7. The molecule has 0 saturated heterocycles. The van der Waals surface area contributed by atoms with E-state index in [0.717, 1.165) is 44.7 Å². The molecule has 4 nitrogen and oxygen atoms in total. The minimum atomic E-state index is -0.930. The Labute approximate surface area is 144 Å². The molecule has 1 N–H and O–H groups in total. The van der Waals surface area contributed by atoms with Gasteiger partial charge in [-0.1, -0.05) is 78.1 Å². The van der Waals surface area contributed by atoms with Gasteiger partial charge in [-0.3, -0.25) is 14.3 Å². The molecule has 0 atom stereocenters. The van der Waals surface area contributed by atoms with Crippen LogP contribution in [0.4, 0.5) is 4.39 Å². The molecule has 1 rings (SSSR count). The molecule has 138 valence electrons. The van der Waals surface area contributed by atoms with Crippen molar-refractivity contribution in [3.63, 3.8) is 0 Å². The highest BCUT2D eigenvalue weighted by molar-refractivity contribution is 4.89. The lowest BCUT2D eigenvalue weighted by atomic mass is 10.00. The number of nitrogens with one attached hydrogen (secondary N) is 1. The van der Waals surface area contributed by atoms with Crippen molar-refractivity contribution in [3.8, 4) is 0 Å². The number of H-pyrrole nitrogens is 1. The fraction of sp³-hybridized carbons (Fsp3) is 0.789. The number of nitrogens with zero attached hydrogens (tertiary/aromatic N) is 1. The quantitative estimate of drug-likeness (QED) is 0.517. The van der Waals surface area contributed by atoms with Crippen LogP contribution in [0.15, 0.2) is 15.8 Å². The van der Waals surface area contributed by atoms with Gasteiger partial charge in [0.05, 0.1) is 6.20 Å². The second-order valence-corrected chi connectivity index (χ2v) is 6.70. The Morgan fingerprint density at radius 3 is 1.92 bits per heavy atom. The number of aromatic nitrogens is 2. The van der Waals surface area contributed by atoms with Crippen LogP contribution in [0.2, 0.25) is 0 Å². The summed E-state index contributed by atoms with van der Waals surface area (Å²) in [5.74, 6) is -0.878. The SMILES string of the molecule is CCCCCCCC(CCCCCCC)n1cc(F)c(=O)[nH]c1=O. The molecule has 0 fully saturated rings. The van der Waals surface area contributed by atoms with Crippen LogP contribution in [0.5, 0.6) is 0 Å². The van der Waals surface area contributed by atoms with Gasteiger partial charge >= 0.3 is 5.69 Å². The topological polar surface area (TPSA) is 54.9 Å². The van der Waals surface area contributed by atoms with Crippen LogP contribution >= 0.6 is 0 Å². The van der Waals surface area contributed by atoms with Crippen molar-refractivity contribution in [1.29, 1.82) is 0 Å². The van der Waals surface area contributed by atoms with E-state index in [9.17, 15) is 14.0 Å². The number of rotatable bonds is 13. The molecule has 0 unspecified atom stereocenters. The highest BCUT2D eigenvalue weighted by Crippen LogP contribution is 2.22. The third kappa shape index (κ3) is 7.45. The second kappa shape index (κ2) is 12.0. The second-order valence-electron chi connectivity index (χ2n) is 6.70. The van der Waals surface area contributed by atoms with Crippen LogP contribution in [-0.2, 0) is 0 Å². The molecule has 0 amide bonds. The van der Waals surface area contributed by atoms with Crippen molar-refractivity contribution >= 4 is 0 Å². The van der Waals surface area contributed by atoms with E-state index in [0.29, 0.717) is 0 Å². The van der Waals surface area contributed by atoms with Crippen molar-refractivity contribution in [2.75, 3.05) is 0 Å². The molecule has 0 aliphatic heterocycles. The molecule has 0 bridgehead atoms. The van der Waals surface area contributed by atoms with Crippen LogP contribution in [0, 0.1) is 5.82 Å². The number of halogens is 1. The lowest BCUT2D eigenvalue weighted by Gasteiger charge is -2.19. The molecule has 1 aromatic rings. The maximum Gasteiger partial charge on any atom is 0.328 e.